The van der Waals surface area contributed by atoms with Gasteiger partial charge in [0.15, 0.2) is 11.4 Å². The van der Waals surface area contributed by atoms with E-state index in [0.29, 0.717) is 28.2 Å². The molecular weight excluding hydrogens is 563 g/mol. The fourth-order valence-electron chi connectivity index (χ4n) is 5.74. The number of carbonyl (C=O) groups is 2. The molecule has 3 aromatic heterocycles. The molecule has 0 aliphatic heterocycles. The summed E-state index contributed by atoms with van der Waals surface area (Å²) >= 11 is 0. The SMILES string of the molecule is O=C(CCC(F)(F)F)NC(c1cnn2cc([C@@H](NC(=O)c3cnoc3C3CC3)C3CCC(F)(F)CC3)nc2c1)C1CC1. The van der Waals surface area contributed by atoms with Crippen LogP contribution in [-0.2, 0) is 4.79 Å². The first kappa shape index (κ1) is 28.5. The molecule has 14 heteroatoms. The standard InChI is InChI=1S/C28H31F5N6O3/c29-27(30)8-5-16(6-9-27)24(38-26(41)19-13-35-42-25(19)17-3-4-17)20-14-39-21(36-20)11-18(12-34-39)23(15-1-2-15)37-22(40)7-10-28(31,32)33/h11-17,23-24H,1-10H2,(H,37,40)(H,38,41)/t23?,24-/m0/s1. The molecule has 0 radical (unpaired) electrons. The lowest BCUT2D eigenvalue weighted by Crippen LogP contribution is -2.37. The zero-order valence-electron chi connectivity index (χ0n) is 22.7. The number of aromatic nitrogens is 4. The number of imidazole rings is 1. The van der Waals surface area contributed by atoms with Crippen LogP contribution in [0.4, 0.5) is 22.0 Å². The second-order valence-electron chi connectivity index (χ2n) is 11.8. The number of nitrogens with one attached hydrogen (secondary N) is 2. The van der Waals surface area contributed by atoms with E-state index in [1.807, 2.05) is 0 Å². The van der Waals surface area contributed by atoms with E-state index in [-0.39, 0.29) is 43.4 Å². The molecule has 0 bridgehead atoms. The second kappa shape index (κ2) is 10.9. The Bertz CT molecular complexity index is 1450. The van der Waals surface area contributed by atoms with Crippen molar-refractivity contribution in [3.63, 3.8) is 0 Å². The molecule has 226 valence electrons. The number of rotatable bonds is 10. The summed E-state index contributed by atoms with van der Waals surface area (Å²) in [5, 5.41) is 13.9. The lowest BCUT2D eigenvalue weighted by molar-refractivity contribution is -0.144. The number of hydrogen-bond acceptors (Lipinski definition) is 6. The molecule has 3 aliphatic carbocycles. The first-order valence-electron chi connectivity index (χ1n) is 14.3. The normalized spacial score (nSPS) is 20.8. The number of hydrogen-bond donors (Lipinski definition) is 2. The van der Waals surface area contributed by atoms with E-state index in [0.717, 1.165) is 25.7 Å². The van der Waals surface area contributed by atoms with Gasteiger partial charge in [0.2, 0.25) is 11.8 Å². The Kier molecular flexibility index (Phi) is 7.42. The van der Waals surface area contributed by atoms with Crippen molar-refractivity contribution in [1.29, 1.82) is 0 Å². The topological polar surface area (TPSA) is 114 Å². The molecule has 3 saturated carbocycles. The highest BCUT2D eigenvalue weighted by atomic mass is 19.4. The first-order valence-corrected chi connectivity index (χ1v) is 14.3. The monoisotopic (exact) mass is 594 g/mol. The van der Waals surface area contributed by atoms with Gasteiger partial charge in [0, 0.05) is 25.2 Å². The predicted molar refractivity (Wildman–Crippen MR) is 137 cm³/mol. The van der Waals surface area contributed by atoms with Crippen LogP contribution in [0.25, 0.3) is 5.65 Å². The summed E-state index contributed by atoms with van der Waals surface area (Å²) in [4.78, 5) is 30.3. The number of alkyl halides is 5. The highest BCUT2D eigenvalue weighted by molar-refractivity contribution is 5.95. The molecule has 6 rings (SSSR count). The third-order valence-electron chi connectivity index (χ3n) is 8.39. The zero-order chi connectivity index (χ0) is 29.6. The van der Waals surface area contributed by atoms with E-state index in [2.05, 4.69) is 20.9 Å². The number of halogens is 5. The Balaban J connectivity index is 1.25. The molecule has 2 N–H and O–H groups in total. The van der Waals surface area contributed by atoms with Crippen molar-refractivity contribution in [2.45, 2.75) is 94.3 Å². The molecule has 0 saturated heterocycles. The van der Waals surface area contributed by atoms with Crippen LogP contribution in [0.1, 0.15) is 110 Å². The van der Waals surface area contributed by atoms with Crippen LogP contribution in [0.15, 0.2) is 29.2 Å². The summed E-state index contributed by atoms with van der Waals surface area (Å²) in [6.45, 7) is 0. The van der Waals surface area contributed by atoms with Gasteiger partial charge in [-0.25, -0.2) is 18.3 Å². The molecule has 2 amide bonds. The Morgan fingerprint density at radius 1 is 1.02 bits per heavy atom. The van der Waals surface area contributed by atoms with Crippen molar-refractivity contribution >= 4 is 17.5 Å². The van der Waals surface area contributed by atoms with Crippen LogP contribution in [-0.4, -0.2) is 43.7 Å². The number of nitrogens with zero attached hydrogens (tertiary/aromatic N) is 4. The molecule has 2 atom stereocenters. The minimum atomic E-state index is -4.42. The Morgan fingerprint density at radius 2 is 1.74 bits per heavy atom. The van der Waals surface area contributed by atoms with E-state index in [9.17, 15) is 31.5 Å². The summed E-state index contributed by atoms with van der Waals surface area (Å²) < 4.78 is 72.6. The van der Waals surface area contributed by atoms with E-state index < -0.39 is 48.8 Å². The summed E-state index contributed by atoms with van der Waals surface area (Å²) in [5.41, 5.74) is 1.78. The van der Waals surface area contributed by atoms with Gasteiger partial charge >= 0.3 is 6.18 Å². The van der Waals surface area contributed by atoms with Crippen LogP contribution in [0.2, 0.25) is 0 Å². The molecule has 0 spiro atoms. The summed E-state index contributed by atoms with van der Waals surface area (Å²) in [5.74, 6) is -3.41. The Morgan fingerprint density at radius 3 is 2.40 bits per heavy atom. The van der Waals surface area contributed by atoms with Crippen molar-refractivity contribution in [2.24, 2.45) is 11.8 Å². The van der Waals surface area contributed by atoms with E-state index >= 15 is 0 Å². The van der Waals surface area contributed by atoms with Gasteiger partial charge < -0.3 is 15.2 Å². The molecule has 3 heterocycles. The van der Waals surface area contributed by atoms with Gasteiger partial charge in [0.25, 0.3) is 5.91 Å². The van der Waals surface area contributed by atoms with Gasteiger partial charge in [0.05, 0.1) is 42.8 Å². The van der Waals surface area contributed by atoms with Crippen molar-refractivity contribution in [3.8, 4) is 0 Å². The maximum Gasteiger partial charge on any atom is 0.389 e. The largest absolute Gasteiger partial charge is 0.389 e. The predicted octanol–water partition coefficient (Wildman–Crippen LogP) is 5.80. The quantitative estimate of drug-likeness (QED) is 0.287. The fraction of sp³-hybridized carbons (Fsp3) is 0.607. The maximum absolute atomic E-state index is 14.0. The number of fused-ring (bicyclic) bond motifs is 1. The van der Waals surface area contributed by atoms with Crippen molar-refractivity contribution in [1.82, 2.24) is 30.4 Å². The average molecular weight is 595 g/mol. The minimum Gasteiger partial charge on any atom is -0.360 e. The maximum atomic E-state index is 14.0. The average Bonchev–Trinajstić information content (AvgIpc) is 3.87. The molecular formula is C28H31F5N6O3. The van der Waals surface area contributed by atoms with Gasteiger partial charge in [-0.3, -0.25) is 9.59 Å². The third kappa shape index (κ3) is 6.57. The summed E-state index contributed by atoms with van der Waals surface area (Å²) in [7, 11) is 0. The molecule has 0 aromatic carbocycles. The molecule has 42 heavy (non-hydrogen) atoms. The van der Waals surface area contributed by atoms with Gasteiger partial charge in [-0.1, -0.05) is 5.16 Å². The van der Waals surface area contributed by atoms with Crippen LogP contribution < -0.4 is 10.6 Å². The van der Waals surface area contributed by atoms with Crippen LogP contribution in [0, 0.1) is 11.8 Å². The van der Waals surface area contributed by atoms with Crippen LogP contribution >= 0.6 is 0 Å². The van der Waals surface area contributed by atoms with Gasteiger partial charge in [-0.05, 0) is 62.0 Å². The molecule has 3 aromatic rings. The zero-order valence-corrected chi connectivity index (χ0v) is 22.7. The Labute approximate surface area is 237 Å². The van der Waals surface area contributed by atoms with Gasteiger partial charge in [-0.15, -0.1) is 0 Å². The van der Waals surface area contributed by atoms with Crippen LogP contribution in [0.3, 0.4) is 0 Å². The molecule has 9 nitrogen and oxygen atoms in total. The Hall–Kier alpha value is -3.58. The third-order valence-corrected chi connectivity index (χ3v) is 8.39. The van der Waals surface area contributed by atoms with Crippen molar-refractivity contribution < 1.29 is 36.1 Å². The number of amides is 2. The van der Waals surface area contributed by atoms with Crippen molar-refractivity contribution in [2.75, 3.05) is 0 Å². The second-order valence-corrected chi connectivity index (χ2v) is 11.8. The van der Waals surface area contributed by atoms with E-state index in [1.165, 1.54) is 10.7 Å². The van der Waals surface area contributed by atoms with Gasteiger partial charge in [0.1, 0.15) is 5.56 Å². The highest BCUT2D eigenvalue weighted by Gasteiger charge is 2.41. The smallest absolute Gasteiger partial charge is 0.360 e. The molecule has 3 fully saturated rings. The molecule has 1 unspecified atom stereocenters. The summed E-state index contributed by atoms with van der Waals surface area (Å²) in [6, 6.07) is 0.527. The fourth-order valence-corrected chi connectivity index (χ4v) is 5.74. The van der Waals surface area contributed by atoms with Crippen molar-refractivity contribution in [3.05, 3.63) is 47.2 Å². The lowest BCUT2D eigenvalue weighted by Gasteiger charge is -2.33. The van der Waals surface area contributed by atoms with E-state index in [1.54, 1.807) is 18.5 Å². The first-order chi connectivity index (χ1) is 20.0. The summed E-state index contributed by atoms with van der Waals surface area (Å²) in [6.07, 6.45) is 1.51. The van der Waals surface area contributed by atoms with Gasteiger partial charge in [-0.2, -0.15) is 18.3 Å². The number of carbonyl (C=O) groups excluding carboxylic acids is 2. The van der Waals surface area contributed by atoms with Crippen LogP contribution in [0.5, 0.6) is 0 Å². The highest BCUT2D eigenvalue weighted by Crippen LogP contribution is 2.44. The molecule has 3 aliphatic rings. The lowest BCUT2D eigenvalue weighted by atomic mass is 9.81. The van der Waals surface area contributed by atoms with E-state index in [4.69, 9.17) is 9.51 Å². The minimum absolute atomic E-state index is 0.0821.